The summed E-state index contributed by atoms with van der Waals surface area (Å²) in [5.41, 5.74) is 10.1. The van der Waals surface area contributed by atoms with Crippen molar-refractivity contribution in [3.63, 3.8) is 0 Å². The molecule has 0 aliphatic heterocycles. The zero-order valence-corrected chi connectivity index (χ0v) is 11.1. The Kier molecular flexibility index (Phi) is 8.07. The van der Waals surface area contributed by atoms with Crippen molar-refractivity contribution in [3.05, 3.63) is 0 Å². The van der Waals surface area contributed by atoms with Gasteiger partial charge in [0.2, 0.25) is 5.91 Å². The van der Waals surface area contributed by atoms with Crippen LogP contribution in [0.5, 0.6) is 0 Å². The molecular weight excluding hydrogens is 222 g/mol. The molecule has 0 saturated heterocycles. The van der Waals surface area contributed by atoms with Crippen molar-refractivity contribution in [2.75, 3.05) is 47.1 Å². The molecule has 0 aromatic rings. The van der Waals surface area contributed by atoms with E-state index >= 15 is 0 Å². The summed E-state index contributed by atoms with van der Waals surface area (Å²) in [7, 11) is 3.30. The van der Waals surface area contributed by atoms with Gasteiger partial charge in [0.05, 0.1) is 6.61 Å². The standard InChI is InChI=1S/C11H25N3O3/c1-11(13,10(12)15)9-14(6-8-17-3)5-4-7-16-2/h4-9,13H2,1-3H3,(H2,12,15). The molecule has 4 N–H and O–H groups in total. The van der Waals surface area contributed by atoms with Crippen molar-refractivity contribution in [3.8, 4) is 0 Å². The third-order valence-corrected chi connectivity index (χ3v) is 2.55. The van der Waals surface area contributed by atoms with E-state index in [-0.39, 0.29) is 0 Å². The first-order chi connectivity index (χ1) is 7.94. The molecule has 0 rings (SSSR count). The van der Waals surface area contributed by atoms with E-state index < -0.39 is 11.4 Å². The Labute approximate surface area is 103 Å². The maximum Gasteiger partial charge on any atom is 0.238 e. The number of nitrogens with two attached hydrogens (primary N) is 2. The summed E-state index contributed by atoms with van der Waals surface area (Å²) in [6, 6.07) is 0. The molecule has 1 atom stereocenters. The second-order valence-corrected chi connectivity index (χ2v) is 4.40. The third-order valence-electron chi connectivity index (χ3n) is 2.55. The molecular formula is C11H25N3O3. The van der Waals surface area contributed by atoms with Gasteiger partial charge in [-0.1, -0.05) is 0 Å². The predicted octanol–water partition coefficient (Wildman–Crippen LogP) is -0.826. The summed E-state index contributed by atoms with van der Waals surface area (Å²) >= 11 is 0. The van der Waals surface area contributed by atoms with Crippen molar-refractivity contribution in [2.45, 2.75) is 18.9 Å². The van der Waals surface area contributed by atoms with Gasteiger partial charge in [-0.3, -0.25) is 9.69 Å². The molecule has 0 fully saturated rings. The van der Waals surface area contributed by atoms with E-state index in [2.05, 4.69) is 4.90 Å². The molecule has 0 aromatic carbocycles. The molecule has 1 amide bonds. The minimum atomic E-state index is -1.01. The molecule has 0 aliphatic rings. The minimum Gasteiger partial charge on any atom is -0.385 e. The third kappa shape index (κ3) is 7.27. The van der Waals surface area contributed by atoms with E-state index in [9.17, 15) is 4.79 Å². The fourth-order valence-electron chi connectivity index (χ4n) is 1.47. The highest BCUT2D eigenvalue weighted by Crippen LogP contribution is 2.03. The lowest BCUT2D eigenvalue weighted by Gasteiger charge is -2.30. The van der Waals surface area contributed by atoms with Crippen LogP contribution < -0.4 is 11.5 Å². The fourth-order valence-corrected chi connectivity index (χ4v) is 1.47. The number of rotatable bonds is 10. The second-order valence-electron chi connectivity index (χ2n) is 4.40. The number of carbonyl (C=O) groups is 1. The maximum atomic E-state index is 11.2. The number of carbonyl (C=O) groups excluding carboxylic acids is 1. The number of primary amides is 1. The Morgan fingerprint density at radius 2 is 1.82 bits per heavy atom. The molecule has 0 aliphatic carbocycles. The van der Waals surface area contributed by atoms with Gasteiger partial charge in [0.15, 0.2) is 0 Å². The van der Waals surface area contributed by atoms with Crippen LogP contribution in [0.4, 0.5) is 0 Å². The zero-order valence-electron chi connectivity index (χ0n) is 11.1. The molecule has 0 saturated carbocycles. The van der Waals surface area contributed by atoms with Gasteiger partial charge in [-0.15, -0.1) is 0 Å². The number of nitrogens with zero attached hydrogens (tertiary/aromatic N) is 1. The van der Waals surface area contributed by atoms with Crippen LogP contribution in [0.1, 0.15) is 13.3 Å². The van der Waals surface area contributed by atoms with E-state index in [0.29, 0.717) is 19.8 Å². The Bertz CT molecular complexity index is 222. The molecule has 0 heterocycles. The van der Waals surface area contributed by atoms with E-state index in [0.717, 1.165) is 19.5 Å². The van der Waals surface area contributed by atoms with Gasteiger partial charge in [0.1, 0.15) is 5.54 Å². The number of methoxy groups -OCH3 is 2. The number of hydrogen-bond donors (Lipinski definition) is 2. The average Bonchev–Trinajstić information content (AvgIpc) is 2.25. The topological polar surface area (TPSA) is 90.8 Å². The summed E-state index contributed by atoms with van der Waals surface area (Å²) in [4.78, 5) is 13.2. The first-order valence-electron chi connectivity index (χ1n) is 5.73. The van der Waals surface area contributed by atoms with E-state index in [4.69, 9.17) is 20.9 Å². The molecule has 6 nitrogen and oxygen atoms in total. The average molecular weight is 247 g/mol. The molecule has 17 heavy (non-hydrogen) atoms. The molecule has 102 valence electrons. The number of ether oxygens (including phenoxy) is 2. The highest BCUT2D eigenvalue weighted by Gasteiger charge is 2.28. The van der Waals surface area contributed by atoms with Crippen molar-refractivity contribution < 1.29 is 14.3 Å². The van der Waals surface area contributed by atoms with E-state index in [1.165, 1.54) is 0 Å². The quantitative estimate of drug-likeness (QED) is 0.492. The van der Waals surface area contributed by atoms with Gasteiger partial charge >= 0.3 is 0 Å². The van der Waals surface area contributed by atoms with Crippen LogP contribution in [-0.4, -0.2) is 63.4 Å². The van der Waals surface area contributed by atoms with Gasteiger partial charge in [-0.25, -0.2) is 0 Å². The SMILES string of the molecule is COCCCN(CCOC)CC(C)(N)C(N)=O. The Morgan fingerprint density at radius 1 is 1.24 bits per heavy atom. The molecule has 0 aromatic heterocycles. The lowest BCUT2D eigenvalue weighted by molar-refractivity contribution is -0.123. The second kappa shape index (κ2) is 8.41. The van der Waals surface area contributed by atoms with Crippen molar-refractivity contribution in [2.24, 2.45) is 11.5 Å². The van der Waals surface area contributed by atoms with E-state index in [1.54, 1.807) is 21.1 Å². The maximum absolute atomic E-state index is 11.2. The van der Waals surface area contributed by atoms with Crippen LogP contribution in [0, 0.1) is 0 Å². The summed E-state index contributed by atoms with van der Waals surface area (Å²) in [6.07, 6.45) is 0.884. The first-order valence-corrected chi connectivity index (χ1v) is 5.73. The van der Waals surface area contributed by atoms with Gasteiger partial charge < -0.3 is 20.9 Å². The van der Waals surface area contributed by atoms with Crippen LogP contribution in [0.3, 0.4) is 0 Å². The van der Waals surface area contributed by atoms with Crippen LogP contribution in [0.2, 0.25) is 0 Å². The lowest BCUT2D eigenvalue weighted by atomic mass is 10.0. The highest BCUT2D eigenvalue weighted by molar-refractivity contribution is 5.84. The number of amides is 1. The van der Waals surface area contributed by atoms with E-state index in [1.807, 2.05) is 0 Å². The van der Waals surface area contributed by atoms with Gasteiger partial charge in [-0.2, -0.15) is 0 Å². The molecule has 6 heteroatoms. The van der Waals surface area contributed by atoms with Crippen LogP contribution in [-0.2, 0) is 14.3 Å². The molecule has 0 bridgehead atoms. The normalized spacial score (nSPS) is 14.9. The minimum absolute atomic E-state index is 0.426. The zero-order chi connectivity index (χ0) is 13.3. The van der Waals surface area contributed by atoms with Crippen molar-refractivity contribution >= 4 is 5.91 Å². The summed E-state index contributed by atoms with van der Waals surface area (Å²) in [5.74, 6) is -0.494. The van der Waals surface area contributed by atoms with Crippen molar-refractivity contribution in [1.29, 1.82) is 0 Å². The first kappa shape index (κ1) is 16.3. The Hall–Kier alpha value is -0.690. The van der Waals surface area contributed by atoms with Crippen LogP contribution in [0.25, 0.3) is 0 Å². The molecule has 0 radical (unpaired) electrons. The van der Waals surface area contributed by atoms with Crippen molar-refractivity contribution in [1.82, 2.24) is 4.90 Å². The van der Waals surface area contributed by atoms with Gasteiger partial charge in [0.25, 0.3) is 0 Å². The summed E-state index contributed by atoms with van der Waals surface area (Å²) in [5, 5.41) is 0. The Morgan fingerprint density at radius 3 is 2.29 bits per heavy atom. The largest absolute Gasteiger partial charge is 0.385 e. The summed E-state index contributed by atoms with van der Waals surface area (Å²) in [6.45, 7) is 4.88. The monoisotopic (exact) mass is 247 g/mol. The smallest absolute Gasteiger partial charge is 0.238 e. The Balaban J connectivity index is 4.21. The van der Waals surface area contributed by atoms with Gasteiger partial charge in [0, 0.05) is 40.5 Å². The van der Waals surface area contributed by atoms with Crippen LogP contribution in [0.15, 0.2) is 0 Å². The summed E-state index contributed by atoms with van der Waals surface area (Å²) < 4.78 is 10.0. The van der Waals surface area contributed by atoms with Crippen LogP contribution >= 0.6 is 0 Å². The number of hydrogen-bond acceptors (Lipinski definition) is 5. The predicted molar refractivity (Wildman–Crippen MR) is 66.6 cm³/mol. The lowest BCUT2D eigenvalue weighted by Crippen LogP contribution is -2.57. The molecule has 1 unspecified atom stereocenters. The van der Waals surface area contributed by atoms with Gasteiger partial charge in [-0.05, 0) is 13.3 Å². The fraction of sp³-hybridized carbons (Fsp3) is 0.909. The highest BCUT2D eigenvalue weighted by atomic mass is 16.5. The molecule has 0 spiro atoms.